The monoisotopic (exact) mass is 290 g/mol. The molecule has 21 heavy (non-hydrogen) atoms. The van der Waals surface area contributed by atoms with Crippen molar-refractivity contribution >= 4 is 6.03 Å². The molecule has 1 aromatic carbocycles. The molecular weight excluding hydrogens is 272 g/mol. The molecule has 7 nitrogen and oxygen atoms in total. The first-order valence-electron chi connectivity index (χ1n) is 6.60. The third kappa shape index (κ3) is 4.28. The van der Waals surface area contributed by atoms with E-state index in [0.717, 1.165) is 11.1 Å². The highest BCUT2D eigenvalue weighted by molar-refractivity contribution is 5.73. The fraction of sp³-hybridized carbons (Fsp3) is 0.357. The number of urea groups is 1. The van der Waals surface area contributed by atoms with Gasteiger partial charge in [-0.05, 0) is 12.5 Å². The Balaban J connectivity index is 1.89. The second kappa shape index (κ2) is 7.39. The Morgan fingerprint density at radius 3 is 2.90 bits per heavy atom. The lowest BCUT2D eigenvalue weighted by molar-refractivity contribution is 0.195. The number of carbonyl (C=O) groups excluding carboxylic acids is 1. The van der Waals surface area contributed by atoms with Crippen molar-refractivity contribution in [2.24, 2.45) is 0 Å². The quantitative estimate of drug-likeness (QED) is 0.787. The summed E-state index contributed by atoms with van der Waals surface area (Å²) < 4.78 is 9.96. The van der Waals surface area contributed by atoms with Crippen LogP contribution < -0.4 is 10.6 Å². The van der Waals surface area contributed by atoms with Crippen LogP contribution in [-0.4, -0.2) is 36.4 Å². The van der Waals surface area contributed by atoms with E-state index in [1.165, 1.54) is 0 Å². The van der Waals surface area contributed by atoms with Crippen LogP contribution in [0.15, 0.2) is 28.8 Å². The van der Waals surface area contributed by atoms with Crippen molar-refractivity contribution in [2.45, 2.75) is 13.5 Å². The molecule has 0 fully saturated rings. The molecule has 0 bridgehead atoms. The van der Waals surface area contributed by atoms with Crippen LogP contribution >= 0.6 is 0 Å². The van der Waals surface area contributed by atoms with E-state index < -0.39 is 0 Å². The van der Waals surface area contributed by atoms with Crippen LogP contribution in [0, 0.1) is 6.92 Å². The number of carbonyl (C=O) groups is 1. The molecule has 0 atom stereocenters. The second-order valence-corrected chi connectivity index (χ2v) is 4.43. The summed E-state index contributed by atoms with van der Waals surface area (Å²) in [4.78, 5) is 15.7. The largest absolute Gasteiger partial charge is 0.383 e. The van der Waals surface area contributed by atoms with Crippen LogP contribution in [0.5, 0.6) is 0 Å². The number of benzene rings is 1. The van der Waals surface area contributed by atoms with Crippen molar-refractivity contribution in [1.29, 1.82) is 0 Å². The highest BCUT2D eigenvalue weighted by Crippen LogP contribution is 2.19. The van der Waals surface area contributed by atoms with Crippen molar-refractivity contribution in [3.05, 3.63) is 35.7 Å². The number of hydrogen-bond donors (Lipinski definition) is 2. The molecule has 0 aliphatic heterocycles. The first kappa shape index (κ1) is 15.0. The van der Waals surface area contributed by atoms with Gasteiger partial charge in [0.2, 0.25) is 11.7 Å². The lowest BCUT2D eigenvalue weighted by Gasteiger charge is -2.04. The molecule has 1 aromatic heterocycles. The molecule has 2 rings (SSSR count). The zero-order chi connectivity index (χ0) is 15.1. The Morgan fingerprint density at radius 1 is 1.33 bits per heavy atom. The van der Waals surface area contributed by atoms with E-state index in [4.69, 9.17) is 9.26 Å². The SMILES string of the molecule is COCCNC(=O)NCc1nc(-c2ccccc2C)no1. The van der Waals surface area contributed by atoms with E-state index in [0.29, 0.717) is 24.9 Å². The zero-order valence-electron chi connectivity index (χ0n) is 12.0. The molecule has 0 aliphatic carbocycles. The highest BCUT2D eigenvalue weighted by atomic mass is 16.5. The summed E-state index contributed by atoms with van der Waals surface area (Å²) in [5.74, 6) is 0.875. The maximum Gasteiger partial charge on any atom is 0.315 e. The molecule has 2 amide bonds. The summed E-state index contributed by atoms with van der Waals surface area (Å²) in [5.41, 5.74) is 1.98. The van der Waals surface area contributed by atoms with Crippen molar-refractivity contribution in [3.8, 4) is 11.4 Å². The second-order valence-electron chi connectivity index (χ2n) is 4.43. The van der Waals surface area contributed by atoms with Crippen molar-refractivity contribution in [2.75, 3.05) is 20.3 Å². The van der Waals surface area contributed by atoms with E-state index in [1.54, 1.807) is 7.11 Å². The average molecular weight is 290 g/mol. The van der Waals surface area contributed by atoms with Gasteiger partial charge >= 0.3 is 6.03 Å². The molecule has 2 aromatic rings. The molecule has 0 saturated heterocycles. The third-order valence-electron chi connectivity index (χ3n) is 2.85. The van der Waals surface area contributed by atoms with Gasteiger partial charge in [0.05, 0.1) is 13.2 Å². The Kier molecular flexibility index (Phi) is 5.28. The summed E-state index contributed by atoms with van der Waals surface area (Å²) in [6.07, 6.45) is 0. The molecule has 112 valence electrons. The van der Waals surface area contributed by atoms with Crippen LogP contribution in [0.1, 0.15) is 11.5 Å². The molecule has 0 aliphatic rings. The van der Waals surface area contributed by atoms with Crippen molar-refractivity contribution in [3.63, 3.8) is 0 Å². The van der Waals surface area contributed by atoms with Gasteiger partial charge in [0.15, 0.2) is 0 Å². The predicted molar refractivity (Wildman–Crippen MR) is 76.6 cm³/mol. The summed E-state index contributed by atoms with van der Waals surface area (Å²) in [5, 5.41) is 9.19. The van der Waals surface area contributed by atoms with E-state index in [1.807, 2.05) is 31.2 Å². The number of nitrogens with zero attached hydrogens (tertiary/aromatic N) is 2. The average Bonchev–Trinajstić information content (AvgIpc) is 2.94. The highest BCUT2D eigenvalue weighted by Gasteiger charge is 2.11. The van der Waals surface area contributed by atoms with Gasteiger partial charge in [-0.25, -0.2) is 4.79 Å². The molecule has 1 heterocycles. The van der Waals surface area contributed by atoms with Gasteiger partial charge in [-0.15, -0.1) is 0 Å². The van der Waals surface area contributed by atoms with Crippen LogP contribution in [0.25, 0.3) is 11.4 Å². The number of amides is 2. The first-order valence-corrected chi connectivity index (χ1v) is 6.60. The van der Waals surface area contributed by atoms with Gasteiger partial charge in [-0.2, -0.15) is 4.98 Å². The van der Waals surface area contributed by atoms with Gasteiger partial charge in [0.25, 0.3) is 0 Å². The maximum absolute atomic E-state index is 11.5. The van der Waals surface area contributed by atoms with E-state index in [9.17, 15) is 4.79 Å². The summed E-state index contributed by atoms with van der Waals surface area (Å²) in [7, 11) is 1.57. The topological polar surface area (TPSA) is 89.3 Å². The summed E-state index contributed by atoms with van der Waals surface area (Å²) in [6, 6.07) is 7.47. The molecule has 0 spiro atoms. The number of methoxy groups -OCH3 is 1. The maximum atomic E-state index is 11.5. The minimum atomic E-state index is -0.303. The molecule has 2 N–H and O–H groups in total. The fourth-order valence-corrected chi connectivity index (χ4v) is 1.74. The minimum Gasteiger partial charge on any atom is -0.383 e. The minimum absolute atomic E-state index is 0.178. The lowest BCUT2D eigenvalue weighted by Crippen LogP contribution is -2.36. The predicted octanol–water partition coefficient (Wildman–Crippen LogP) is 1.49. The number of rotatable bonds is 6. The number of ether oxygens (including phenoxy) is 1. The lowest BCUT2D eigenvalue weighted by atomic mass is 10.1. The Hall–Kier alpha value is -2.41. The Morgan fingerprint density at radius 2 is 2.14 bits per heavy atom. The van der Waals surface area contributed by atoms with Gasteiger partial charge in [-0.3, -0.25) is 0 Å². The smallest absolute Gasteiger partial charge is 0.315 e. The first-order chi connectivity index (χ1) is 10.2. The number of nitrogens with one attached hydrogen (secondary N) is 2. The molecular formula is C14H18N4O3. The van der Waals surface area contributed by atoms with Gasteiger partial charge in [0, 0.05) is 19.2 Å². The van der Waals surface area contributed by atoms with E-state index >= 15 is 0 Å². The van der Waals surface area contributed by atoms with Gasteiger partial charge in [-0.1, -0.05) is 29.4 Å². The van der Waals surface area contributed by atoms with Crippen LogP contribution in [0.4, 0.5) is 4.79 Å². The Labute approximate surface area is 122 Å². The summed E-state index contributed by atoms with van der Waals surface area (Å²) >= 11 is 0. The van der Waals surface area contributed by atoms with Gasteiger partial charge < -0.3 is 19.9 Å². The van der Waals surface area contributed by atoms with Crippen molar-refractivity contribution < 1.29 is 14.1 Å². The number of aromatic nitrogens is 2. The van der Waals surface area contributed by atoms with Crippen LogP contribution in [-0.2, 0) is 11.3 Å². The molecule has 0 saturated carbocycles. The molecule has 0 unspecified atom stereocenters. The zero-order valence-corrected chi connectivity index (χ0v) is 12.0. The standard InChI is InChI=1S/C14H18N4O3/c1-10-5-3-4-6-11(10)13-17-12(21-18-13)9-16-14(19)15-7-8-20-2/h3-6H,7-9H2,1-2H3,(H2,15,16,19). The van der Waals surface area contributed by atoms with E-state index in [-0.39, 0.29) is 12.6 Å². The number of hydrogen-bond acceptors (Lipinski definition) is 5. The fourth-order valence-electron chi connectivity index (χ4n) is 1.74. The van der Waals surface area contributed by atoms with E-state index in [2.05, 4.69) is 20.8 Å². The third-order valence-corrected chi connectivity index (χ3v) is 2.85. The molecule has 7 heteroatoms. The normalized spacial score (nSPS) is 10.4. The van der Waals surface area contributed by atoms with Crippen LogP contribution in [0.2, 0.25) is 0 Å². The van der Waals surface area contributed by atoms with Crippen molar-refractivity contribution in [1.82, 2.24) is 20.8 Å². The Bertz CT molecular complexity index is 597. The van der Waals surface area contributed by atoms with Gasteiger partial charge in [0.1, 0.15) is 0 Å². The molecule has 0 radical (unpaired) electrons. The van der Waals surface area contributed by atoms with Crippen LogP contribution in [0.3, 0.4) is 0 Å². The number of aryl methyl sites for hydroxylation is 1. The summed E-state index contributed by atoms with van der Waals surface area (Å²) in [6.45, 7) is 3.07.